The molecule has 1 saturated heterocycles. The number of nitriles is 1. The van der Waals surface area contributed by atoms with Gasteiger partial charge in [0.05, 0.1) is 24.3 Å². The predicted octanol–water partition coefficient (Wildman–Crippen LogP) is 2.09. The summed E-state index contributed by atoms with van der Waals surface area (Å²) < 4.78 is 0.220. The van der Waals surface area contributed by atoms with E-state index in [-0.39, 0.29) is 4.75 Å². The van der Waals surface area contributed by atoms with Crippen LogP contribution in [-0.2, 0) is 0 Å². The highest BCUT2D eigenvalue weighted by Crippen LogP contribution is 2.33. The molecule has 5 nitrogen and oxygen atoms in total. The lowest BCUT2D eigenvalue weighted by Gasteiger charge is -2.36. The van der Waals surface area contributed by atoms with E-state index in [1.807, 2.05) is 23.9 Å². The number of rotatable bonds is 3. The van der Waals surface area contributed by atoms with Crippen LogP contribution in [0.4, 0.5) is 0 Å². The second-order valence-corrected chi connectivity index (χ2v) is 8.67. The summed E-state index contributed by atoms with van der Waals surface area (Å²) in [6.07, 6.45) is -0.513. The Kier molecular flexibility index (Phi) is 5.14. The van der Waals surface area contributed by atoms with E-state index in [9.17, 15) is 5.11 Å². The minimum absolute atomic E-state index is 0.220. The first-order valence-electron chi connectivity index (χ1n) is 8.36. The van der Waals surface area contributed by atoms with Crippen LogP contribution in [0.5, 0.6) is 0 Å². The lowest BCUT2D eigenvalue weighted by molar-refractivity contribution is 0.0904. The molecule has 6 heteroatoms. The quantitative estimate of drug-likeness (QED) is 0.910. The normalized spacial score (nSPS) is 22.1. The van der Waals surface area contributed by atoms with Gasteiger partial charge in [-0.3, -0.25) is 9.89 Å². The average molecular weight is 344 g/mol. The molecule has 0 bridgehead atoms. The lowest BCUT2D eigenvalue weighted by Crippen LogP contribution is -2.48. The van der Waals surface area contributed by atoms with Gasteiger partial charge in [0.25, 0.3) is 0 Å². The van der Waals surface area contributed by atoms with Crippen LogP contribution in [0.2, 0.25) is 0 Å². The van der Waals surface area contributed by atoms with Crippen LogP contribution in [0.1, 0.15) is 31.1 Å². The maximum absolute atomic E-state index is 10.4. The maximum atomic E-state index is 10.4. The van der Waals surface area contributed by atoms with E-state index >= 15 is 0 Å². The molecular formula is C18H24N4OS. The third-order valence-electron chi connectivity index (χ3n) is 4.46. The van der Waals surface area contributed by atoms with Crippen molar-refractivity contribution < 1.29 is 5.11 Å². The molecule has 24 heavy (non-hydrogen) atoms. The van der Waals surface area contributed by atoms with Gasteiger partial charge in [-0.05, 0) is 31.5 Å². The molecular weight excluding hydrogens is 320 g/mol. The van der Waals surface area contributed by atoms with Gasteiger partial charge in [0, 0.05) is 37.5 Å². The summed E-state index contributed by atoms with van der Waals surface area (Å²) in [6, 6.07) is 9.29. The predicted molar refractivity (Wildman–Crippen MR) is 98.1 cm³/mol. The Morgan fingerprint density at radius 2 is 1.92 bits per heavy atom. The molecule has 0 aromatic heterocycles. The molecule has 2 heterocycles. The number of nitrogens with zero attached hydrogens (tertiary/aromatic N) is 4. The minimum Gasteiger partial charge on any atom is -0.387 e. The molecule has 1 aromatic carbocycles. The molecule has 0 radical (unpaired) electrons. The zero-order valence-electron chi connectivity index (χ0n) is 14.3. The van der Waals surface area contributed by atoms with Gasteiger partial charge in [0.1, 0.15) is 0 Å². The van der Waals surface area contributed by atoms with Gasteiger partial charge in [-0.1, -0.05) is 23.9 Å². The van der Waals surface area contributed by atoms with Crippen LogP contribution in [0.3, 0.4) is 0 Å². The van der Waals surface area contributed by atoms with Crippen molar-refractivity contribution in [2.75, 3.05) is 39.3 Å². The zero-order chi connectivity index (χ0) is 17.2. The number of aliphatic imine (C=N–C) groups is 1. The van der Waals surface area contributed by atoms with Gasteiger partial charge in [-0.2, -0.15) is 5.26 Å². The first-order chi connectivity index (χ1) is 11.5. The molecule has 1 atom stereocenters. The summed E-state index contributed by atoms with van der Waals surface area (Å²) in [7, 11) is 0. The molecule has 128 valence electrons. The fraction of sp³-hybridized carbons (Fsp3) is 0.556. The highest BCUT2D eigenvalue weighted by molar-refractivity contribution is 8.15. The molecule has 0 spiro atoms. The highest BCUT2D eigenvalue weighted by atomic mass is 32.2. The third kappa shape index (κ3) is 4.10. The van der Waals surface area contributed by atoms with Gasteiger partial charge in [-0.15, -0.1) is 0 Å². The number of benzene rings is 1. The summed E-state index contributed by atoms with van der Waals surface area (Å²) in [5.74, 6) is 0. The zero-order valence-corrected chi connectivity index (χ0v) is 15.1. The smallest absolute Gasteiger partial charge is 0.159 e. The van der Waals surface area contributed by atoms with Gasteiger partial charge < -0.3 is 10.0 Å². The topological polar surface area (TPSA) is 62.9 Å². The lowest BCUT2D eigenvalue weighted by atomic mass is 10.1. The van der Waals surface area contributed by atoms with Crippen molar-refractivity contribution in [2.45, 2.75) is 24.7 Å². The Hall–Kier alpha value is -1.55. The summed E-state index contributed by atoms with van der Waals surface area (Å²) in [4.78, 5) is 9.33. The summed E-state index contributed by atoms with van der Waals surface area (Å²) in [5, 5.41) is 20.4. The van der Waals surface area contributed by atoms with Gasteiger partial charge in [0.15, 0.2) is 5.17 Å². The Morgan fingerprint density at radius 3 is 2.46 bits per heavy atom. The average Bonchev–Trinajstić information content (AvgIpc) is 2.95. The van der Waals surface area contributed by atoms with Crippen LogP contribution < -0.4 is 0 Å². The number of piperazine rings is 1. The monoisotopic (exact) mass is 344 g/mol. The molecule has 0 amide bonds. The van der Waals surface area contributed by atoms with E-state index < -0.39 is 6.10 Å². The van der Waals surface area contributed by atoms with E-state index in [0.29, 0.717) is 12.1 Å². The van der Waals surface area contributed by atoms with E-state index in [1.165, 1.54) is 5.17 Å². The van der Waals surface area contributed by atoms with Crippen molar-refractivity contribution in [3.63, 3.8) is 0 Å². The van der Waals surface area contributed by atoms with E-state index in [4.69, 9.17) is 5.26 Å². The largest absolute Gasteiger partial charge is 0.387 e. The van der Waals surface area contributed by atoms with E-state index in [1.54, 1.807) is 12.1 Å². The fourth-order valence-corrected chi connectivity index (χ4v) is 4.05. The van der Waals surface area contributed by atoms with Crippen molar-refractivity contribution in [1.82, 2.24) is 9.80 Å². The van der Waals surface area contributed by atoms with Crippen molar-refractivity contribution in [2.24, 2.45) is 4.99 Å². The summed E-state index contributed by atoms with van der Waals surface area (Å²) in [6.45, 7) is 9.79. The van der Waals surface area contributed by atoms with Gasteiger partial charge >= 0.3 is 0 Å². The van der Waals surface area contributed by atoms with Crippen LogP contribution in [-0.4, -0.2) is 64.1 Å². The second-order valence-electron chi connectivity index (χ2n) is 7.00. The number of thioether (sulfide) groups is 1. The summed E-state index contributed by atoms with van der Waals surface area (Å²) >= 11 is 1.87. The molecule has 0 saturated carbocycles. The molecule has 3 rings (SSSR count). The van der Waals surface area contributed by atoms with Crippen molar-refractivity contribution >= 4 is 16.9 Å². The number of hydrogen-bond acceptors (Lipinski definition) is 6. The maximum Gasteiger partial charge on any atom is 0.159 e. The van der Waals surface area contributed by atoms with Gasteiger partial charge in [0.2, 0.25) is 0 Å². The first-order valence-corrected chi connectivity index (χ1v) is 9.17. The van der Waals surface area contributed by atoms with Crippen LogP contribution >= 0.6 is 11.8 Å². The molecule has 2 aliphatic heterocycles. The standard InChI is InChI=1S/C18H24N4OS/c1-18(2)13-20-17(24-18)22-9-7-21(8-10-22)12-16(23)15-5-3-14(11-19)4-6-15/h3-6,16,23H,7-10,12-13H2,1-2H3. The number of hydrogen-bond donors (Lipinski definition) is 1. The van der Waals surface area contributed by atoms with Crippen molar-refractivity contribution in [3.05, 3.63) is 35.4 Å². The van der Waals surface area contributed by atoms with Crippen LogP contribution in [0.15, 0.2) is 29.3 Å². The van der Waals surface area contributed by atoms with E-state index in [0.717, 1.165) is 38.3 Å². The van der Waals surface area contributed by atoms with Crippen LogP contribution in [0.25, 0.3) is 0 Å². The first kappa shape index (κ1) is 17.3. The number of aliphatic hydroxyl groups excluding tert-OH is 1. The molecule has 1 unspecified atom stereocenters. The minimum atomic E-state index is -0.513. The number of β-amino-alcohol motifs (C(OH)–C–C–N with tert-alkyl or cyclic N) is 1. The third-order valence-corrected chi connectivity index (χ3v) is 5.71. The van der Waals surface area contributed by atoms with Crippen LogP contribution in [0, 0.1) is 11.3 Å². The van der Waals surface area contributed by atoms with Crippen molar-refractivity contribution in [1.29, 1.82) is 5.26 Å². The number of aliphatic hydroxyl groups is 1. The molecule has 1 fully saturated rings. The Morgan fingerprint density at radius 1 is 1.25 bits per heavy atom. The Labute approximate surface area is 148 Å². The molecule has 1 aromatic rings. The fourth-order valence-electron chi connectivity index (χ4n) is 2.99. The Balaban J connectivity index is 1.49. The highest BCUT2D eigenvalue weighted by Gasteiger charge is 2.31. The summed E-state index contributed by atoms with van der Waals surface area (Å²) in [5.41, 5.74) is 1.49. The second kappa shape index (κ2) is 7.14. The van der Waals surface area contributed by atoms with Gasteiger partial charge in [-0.25, -0.2) is 0 Å². The Bertz CT molecular complexity index is 642. The molecule has 2 aliphatic rings. The van der Waals surface area contributed by atoms with E-state index in [2.05, 4.69) is 34.7 Å². The molecule has 1 N–H and O–H groups in total. The van der Waals surface area contributed by atoms with Crippen molar-refractivity contribution in [3.8, 4) is 6.07 Å². The molecule has 0 aliphatic carbocycles. The SMILES string of the molecule is CC1(C)CN=C(N2CCN(CC(O)c3ccc(C#N)cc3)CC2)S1. The number of amidine groups is 1.